The molecule has 3 aromatic rings. The molecule has 144 valence electrons. The van der Waals surface area contributed by atoms with Crippen LogP contribution in [0.2, 0.25) is 0 Å². The predicted molar refractivity (Wildman–Crippen MR) is 107 cm³/mol. The molecule has 1 aromatic heterocycles. The minimum absolute atomic E-state index is 0.193. The molecule has 6 nitrogen and oxygen atoms in total. The Morgan fingerprint density at radius 3 is 2.36 bits per heavy atom. The number of halogens is 1. The summed E-state index contributed by atoms with van der Waals surface area (Å²) < 4.78 is 35.7. The summed E-state index contributed by atoms with van der Waals surface area (Å²) >= 11 is 0. The Balaban J connectivity index is 1.80. The smallest absolute Gasteiger partial charge is 0.257 e. The lowest BCUT2D eigenvalue weighted by atomic mass is 10.0. The molecular weight excluding hydrogens is 381 g/mol. The number of carbonyl (C=O) groups is 1. The Labute approximate surface area is 162 Å². The quantitative estimate of drug-likeness (QED) is 0.641. The number of sulfone groups is 1. The molecule has 28 heavy (non-hydrogen) atoms. The topological polar surface area (TPSA) is 102 Å². The standard InChI is InChI=1S/C20H18FN3O3S/c1-28(26,27)12-17-8-4-15(11-23-17)20(25)24-19-10-14(5-9-18(19)22)13-2-6-16(21)7-3-13/h2-11H,12,22H2,1H3,(H,24,25). The number of hydrogen-bond donors (Lipinski definition) is 2. The zero-order chi connectivity index (χ0) is 20.3. The Morgan fingerprint density at radius 1 is 1.07 bits per heavy atom. The molecule has 1 heterocycles. The first-order valence-corrected chi connectivity index (χ1v) is 10.4. The average molecular weight is 399 g/mol. The molecule has 0 bridgehead atoms. The maximum atomic E-state index is 13.1. The molecule has 2 aromatic carbocycles. The molecule has 8 heteroatoms. The number of aromatic nitrogens is 1. The second kappa shape index (κ2) is 7.77. The Bertz CT molecular complexity index is 1110. The minimum Gasteiger partial charge on any atom is -0.397 e. The molecule has 0 saturated carbocycles. The summed E-state index contributed by atoms with van der Waals surface area (Å²) in [6.45, 7) is 0. The number of carbonyl (C=O) groups excluding carboxylic acids is 1. The van der Waals surface area contributed by atoms with Gasteiger partial charge in [0.1, 0.15) is 5.82 Å². The lowest BCUT2D eigenvalue weighted by Gasteiger charge is -2.11. The molecular formula is C20H18FN3O3S. The number of nitrogens with one attached hydrogen (secondary N) is 1. The van der Waals surface area contributed by atoms with E-state index in [2.05, 4.69) is 10.3 Å². The van der Waals surface area contributed by atoms with Crippen molar-refractivity contribution < 1.29 is 17.6 Å². The van der Waals surface area contributed by atoms with Gasteiger partial charge in [-0.3, -0.25) is 9.78 Å². The molecule has 3 rings (SSSR count). The summed E-state index contributed by atoms with van der Waals surface area (Å²) in [5.74, 6) is -0.956. The molecule has 0 radical (unpaired) electrons. The number of nitrogens with two attached hydrogens (primary N) is 1. The van der Waals surface area contributed by atoms with Crippen molar-refractivity contribution in [3.05, 3.63) is 77.9 Å². The first kappa shape index (κ1) is 19.5. The zero-order valence-electron chi connectivity index (χ0n) is 15.0. The number of benzene rings is 2. The largest absolute Gasteiger partial charge is 0.397 e. The number of amides is 1. The van der Waals surface area contributed by atoms with Crippen LogP contribution in [0.1, 0.15) is 16.1 Å². The van der Waals surface area contributed by atoms with Gasteiger partial charge in [-0.15, -0.1) is 0 Å². The second-order valence-electron chi connectivity index (χ2n) is 6.37. The van der Waals surface area contributed by atoms with Gasteiger partial charge in [0.15, 0.2) is 9.84 Å². The molecule has 0 aliphatic carbocycles. The molecule has 0 unspecified atom stereocenters. The van der Waals surface area contributed by atoms with Crippen molar-refractivity contribution >= 4 is 27.1 Å². The van der Waals surface area contributed by atoms with Crippen molar-refractivity contribution in [1.82, 2.24) is 4.98 Å². The first-order chi connectivity index (χ1) is 13.2. The van der Waals surface area contributed by atoms with E-state index in [4.69, 9.17) is 5.73 Å². The van der Waals surface area contributed by atoms with E-state index in [1.807, 2.05) is 0 Å². The van der Waals surface area contributed by atoms with Gasteiger partial charge in [0.05, 0.1) is 28.4 Å². The average Bonchev–Trinajstić information content (AvgIpc) is 2.63. The van der Waals surface area contributed by atoms with Crippen LogP contribution in [-0.2, 0) is 15.6 Å². The lowest BCUT2D eigenvalue weighted by molar-refractivity contribution is 0.102. The number of anilines is 2. The molecule has 0 aliphatic rings. The third-order valence-corrected chi connectivity index (χ3v) is 4.80. The van der Waals surface area contributed by atoms with E-state index in [0.717, 1.165) is 17.4 Å². The van der Waals surface area contributed by atoms with E-state index in [1.165, 1.54) is 30.5 Å². The number of nitrogens with zero attached hydrogens (tertiary/aromatic N) is 1. The van der Waals surface area contributed by atoms with Gasteiger partial charge in [0, 0.05) is 12.5 Å². The van der Waals surface area contributed by atoms with Crippen LogP contribution in [0.25, 0.3) is 11.1 Å². The van der Waals surface area contributed by atoms with Crippen LogP contribution in [0.3, 0.4) is 0 Å². The van der Waals surface area contributed by atoms with Gasteiger partial charge in [0.25, 0.3) is 5.91 Å². The van der Waals surface area contributed by atoms with Crippen molar-refractivity contribution in [2.24, 2.45) is 0 Å². The summed E-state index contributed by atoms with van der Waals surface area (Å²) in [6.07, 6.45) is 2.43. The third kappa shape index (κ3) is 4.92. The lowest BCUT2D eigenvalue weighted by Crippen LogP contribution is -2.14. The fourth-order valence-electron chi connectivity index (χ4n) is 2.59. The van der Waals surface area contributed by atoms with Crippen LogP contribution in [0, 0.1) is 5.82 Å². The molecule has 0 atom stereocenters. The number of pyridine rings is 1. The van der Waals surface area contributed by atoms with E-state index in [1.54, 1.807) is 30.3 Å². The van der Waals surface area contributed by atoms with Crippen LogP contribution >= 0.6 is 0 Å². The van der Waals surface area contributed by atoms with Crippen LogP contribution in [0.15, 0.2) is 60.8 Å². The number of nitrogen functional groups attached to an aromatic ring is 1. The maximum absolute atomic E-state index is 13.1. The monoisotopic (exact) mass is 399 g/mol. The van der Waals surface area contributed by atoms with E-state index >= 15 is 0 Å². The Morgan fingerprint density at radius 2 is 1.75 bits per heavy atom. The summed E-state index contributed by atoms with van der Waals surface area (Å²) in [4.78, 5) is 16.5. The first-order valence-electron chi connectivity index (χ1n) is 8.31. The highest BCUT2D eigenvalue weighted by Gasteiger charge is 2.12. The third-order valence-electron chi connectivity index (χ3n) is 3.98. The van der Waals surface area contributed by atoms with Crippen molar-refractivity contribution in [3.8, 4) is 11.1 Å². The zero-order valence-corrected chi connectivity index (χ0v) is 15.8. The minimum atomic E-state index is -3.20. The van der Waals surface area contributed by atoms with Gasteiger partial charge in [-0.2, -0.15) is 0 Å². The summed E-state index contributed by atoms with van der Waals surface area (Å²) in [6, 6.07) is 14.1. The van der Waals surface area contributed by atoms with E-state index in [9.17, 15) is 17.6 Å². The Kier molecular flexibility index (Phi) is 5.41. The van der Waals surface area contributed by atoms with E-state index in [-0.39, 0.29) is 17.1 Å². The Hall–Kier alpha value is -3.26. The van der Waals surface area contributed by atoms with Gasteiger partial charge >= 0.3 is 0 Å². The highest BCUT2D eigenvalue weighted by Crippen LogP contribution is 2.27. The summed E-state index contributed by atoms with van der Waals surface area (Å²) in [7, 11) is -3.20. The van der Waals surface area contributed by atoms with Crippen molar-refractivity contribution in [3.63, 3.8) is 0 Å². The van der Waals surface area contributed by atoms with Gasteiger partial charge in [-0.05, 0) is 47.5 Å². The molecule has 3 N–H and O–H groups in total. The van der Waals surface area contributed by atoms with E-state index < -0.39 is 15.7 Å². The second-order valence-corrected chi connectivity index (χ2v) is 8.51. The number of hydrogen-bond acceptors (Lipinski definition) is 5. The molecule has 0 spiro atoms. The van der Waals surface area contributed by atoms with Crippen LogP contribution in [0.4, 0.5) is 15.8 Å². The maximum Gasteiger partial charge on any atom is 0.257 e. The van der Waals surface area contributed by atoms with Gasteiger partial charge in [0.2, 0.25) is 0 Å². The van der Waals surface area contributed by atoms with Crippen LogP contribution in [0.5, 0.6) is 0 Å². The van der Waals surface area contributed by atoms with Crippen molar-refractivity contribution in [2.45, 2.75) is 5.75 Å². The van der Waals surface area contributed by atoms with E-state index in [0.29, 0.717) is 17.1 Å². The van der Waals surface area contributed by atoms with Gasteiger partial charge in [-0.25, -0.2) is 12.8 Å². The molecule has 0 saturated heterocycles. The van der Waals surface area contributed by atoms with Gasteiger partial charge < -0.3 is 11.1 Å². The fraction of sp³-hybridized carbons (Fsp3) is 0.100. The fourth-order valence-corrected chi connectivity index (χ4v) is 3.30. The van der Waals surface area contributed by atoms with Crippen LogP contribution in [-0.4, -0.2) is 25.6 Å². The summed E-state index contributed by atoms with van der Waals surface area (Å²) in [5, 5.41) is 2.72. The number of rotatable bonds is 5. The predicted octanol–water partition coefficient (Wildman–Crippen LogP) is 3.27. The SMILES string of the molecule is CS(=O)(=O)Cc1ccc(C(=O)Nc2cc(-c3ccc(F)cc3)ccc2N)cn1. The highest BCUT2D eigenvalue weighted by atomic mass is 32.2. The highest BCUT2D eigenvalue weighted by molar-refractivity contribution is 7.89. The summed E-state index contributed by atoms with van der Waals surface area (Å²) in [5.41, 5.74) is 8.92. The van der Waals surface area contributed by atoms with Crippen molar-refractivity contribution in [1.29, 1.82) is 0 Å². The molecule has 1 amide bonds. The molecule has 0 fully saturated rings. The van der Waals surface area contributed by atoms with Crippen molar-refractivity contribution in [2.75, 3.05) is 17.3 Å². The normalized spacial score (nSPS) is 11.2. The van der Waals surface area contributed by atoms with Gasteiger partial charge in [-0.1, -0.05) is 18.2 Å². The molecule has 0 aliphatic heterocycles. The van der Waals surface area contributed by atoms with Crippen LogP contribution < -0.4 is 11.1 Å².